The van der Waals surface area contributed by atoms with Crippen LogP contribution in [0.3, 0.4) is 0 Å². The van der Waals surface area contributed by atoms with E-state index in [2.05, 4.69) is 15.3 Å². The number of carbonyl (C=O) groups excluding carboxylic acids is 1. The summed E-state index contributed by atoms with van der Waals surface area (Å²) in [5.74, 6) is 0.596. The number of pyridine rings is 1. The number of aromatic nitrogens is 2. The Morgan fingerprint density at radius 1 is 1.07 bits per heavy atom. The maximum absolute atomic E-state index is 12.1. The van der Waals surface area contributed by atoms with E-state index in [1.165, 1.54) is 6.08 Å². The zero-order valence-corrected chi connectivity index (χ0v) is 15.9. The van der Waals surface area contributed by atoms with E-state index in [4.69, 9.17) is 4.74 Å². The van der Waals surface area contributed by atoms with Crippen LogP contribution in [0.5, 0.6) is 5.75 Å². The van der Waals surface area contributed by atoms with Gasteiger partial charge >= 0.3 is 0 Å². The zero-order valence-electron chi connectivity index (χ0n) is 15.1. The van der Waals surface area contributed by atoms with Crippen LogP contribution in [-0.4, -0.2) is 23.0 Å². The lowest BCUT2D eigenvalue weighted by Crippen LogP contribution is -2.07. The van der Waals surface area contributed by atoms with Crippen molar-refractivity contribution in [2.45, 2.75) is 0 Å². The summed E-state index contributed by atoms with van der Waals surface area (Å²) in [7, 11) is 1.62. The second-order valence-electron chi connectivity index (χ2n) is 6.02. The molecule has 0 aliphatic rings. The molecule has 0 radical (unpaired) electrons. The Morgan fingerprint density at radius 2 is 1.86 bits per heavy atom. The van der Waals surface area contributed by atoms with Gasteiger partial charge in [0.1, 0.15) is 21.1 Å². The van der Waals surface area contributed by atoms with Crippen molar-refractivity contribution in [1.29, 1.82) is 0 Å². The molecule has 1 N–H and O–H groups in total. The average Bonchev–Trinajstić information content (AvgIpc) is 3.17. The number of amides is 1. The van der Waals surface area contributed by atoms with Gasteiger partial charge in [0.15, 0.2) is 0 Å². The van der Waals surface area contributed by atoms with Crippen molar-refractivity contribution >= 4 is 39.4 Å². The van der Waals surface area contributed by atoms with Gasteiger partial charge in [-0.1, -0.05) is 23.5 Å². The lowest BCUT2D eigenvalue weighted by Gasteiger charge is -2.03. The van der Waals surface area contributed by atoms with Gasteiger partial charge in [-0.05, 0) is 60.2 Å². The highest BCUT2D eigenvalue weighted by atomic mass is 32.1. The van der Waals surface area contributed by atoms with Crippen LogP contribution in [0, 0.1) is 0 Å². The van der Waals surface area contributed by atoms with Crippen LogP contribution in [0.2, 0.25) is 0 Å². The molecule has 0 aliphatic heterocycles. The van der Waals surface area contributed by atoms with Crippen molar-refractivity contribution in [3.05, 3.63) is 78.5 Å². The molecular weight excluding hydrogens is 370 g/mol. The van der Waals surface area contributed by atoms with E-state index in [9.17, 15) is 4.79 Å². The third kappa shape index (κ3) is 4.07. The number of hydrogen-bond acceptors (Lipinski definition) is 5. The number of hydrogen-bond donors (Lipinski definition) is 1. The van der Waals surface area contributed by atoms with Crippen molar-refractivity contribution in [2.75, 3.05) is 12.4 Å². The van der Waals surface area contributed by atoms with Gasteiger partial charge < -0.3 is 10.1 Å². The van der Waals surface area contributed by atoms with Gasteiger partial charge in [0, 0.05) is 23.5 Å². The molecule has 0 spiro atoms. The topological polar surface area (TPSA) is 64.1 Å². The summed E-state index contributed by atoms with van der Waals surface area (Å²) in [6, 6.07) is 19.0. The van der Waals surface area contributed by atoms with Gasteiger partial charge in [0.25, 0.3) is 0 Å². The Morgan fingerprint density at radius 3 is 2.57 bits per heavy atom. The molecule has 0 saturated carbocycles. The Balaban J connectivity index is 1.42. The van der Waals surface area contributed by atoms with Crippen LogP contribution >= 0.6 is 11.3 Å². The standard InChI is InChI=1S/C22H17N3O2S/c1-27-18-11-4-15(5-12-18)6-13-20(26)24-17-9-7-16(8-10-17)21-25-19-3-2-14-23-22(19)28-21/h2-14H,1H3,(H,24,26)/b13-6+. The van der Waals surface area contributed by atoms with Crippen molar-refractivity contribution in [2.24, 2.45) is 0 Å². The summed E-state index contributed by atoms with van der Waals surface area (Å²) in [5.41, 5.74) is 3.54. The van der Waals surface area contributed by atoms with Crippen molar-refractivity contribution in [3.8, 4) is 16.3 Å². The number of nitrogens with one attached hydrogen (secondary N) is 1. The SMILES string of the molecule is COc1ccc(/C=C/C(=O)Nc2ccc(-c3nc4cccnc4s3)cc2)cc1. The lowest BCUT2D eigenvalue weighted by atomic mass is 10.2. The largest absolute Gasteiger partial charge is 0.497 e. The third-order valence-corrected chi connectivity index (χ3v) is 5.14. The fraction of sp³-hybridized carbons (Fsp3) is 0.0455. The number of carbonyl (C=O) groups is 1. The number of methoxy groups -OCH3 is 1. The molecule has 4 aromatic rings. The van der Waals surface area contributed by atoms with E-state index >= 15 is 0 Å². The third-order valence-electron chi connectivity index (χ3n) is 4.11. The Bertz CT molecular complexity index is 1100. The fourth-order valence-electron chi connectivity index (χ4n) is 2.66. The number of rotatable bonds is 5. The molecule has 0 fully saturated rings. The van der Waals surface area contributed by atoms with Gasteiger partial charge in [0.05, 0.1) is 7.11 Å². The summed E-state index contributed by atoms with van der Waals surface area (Å²) < 4.78 is 5.12. The zero-order chi connectivity index (χ0) is 19.3. The first-order chi connectivity index (χ1) is 13.7. The van der Waals surface area contributed by atoms with Gasteiger partial charge in [-0.3, -0.25) is 4.79 Å². The number of thiazole rings is 1. The van der Waals surface area contributed by atoms with E-state index < -0.39 is 0 Å². The van der Waals surface area contributed by atoms with Crippen LogP contribution in [0.1, 0.15) is 5.56 Å². The van der Waals surface area contributed by atoms with Crippen LogP contribution in [-0.2, 0) is 4.79 Å². The second kappa shape index (κ2) is 8.02. The molecule has 2 heterocycles. The van der Waals surface area contributed by atoms with Gasteiger partial charge in [0.2, 0.25) is 5.91 Å². The molecule has 1 amide bonds. The Kier molecular flexibility index (Phi) is 5.12. The maximum Gasteiger partial charge on any atom is 0.248 e. The van der Waals surface area contributed by atoms with Crippen molar-refractivity contribution in [1.82, 2.24) is 9.97 Å². The predicted octanol–water partition coefficient (Wildman–Crippen LogP) is 5.02. The normalized spacial score (nSPS) is 11.0. The molecule has 0 bridgehead atoms. The molecule has 28 heavy (non-hydrogen) atoms. The number of ether oxygens (including phenoxy) is 1. The minimum atomic E-state index is -0.187. The molecule has 0 saturated heterocycles. The second-order valence-corrected chi connectivity index (χ2v) is 7.00. The molecular formula is C22H17N3O2S. The first kappa shape index (κ1) is 17.9. The molecule has 4 rings (SSSR count). The number of fused-ring (bicyclic) bond motifs is 1. The molecule has 138 valence electrons. The van der Waals surface area contributed by atoms with Gasteiger partial charge in [-0.15, -0.1) is 0 Å². The number of nitrogens with zero attached hydrogens (tertiary/aromatic N) is 2. The maximum atomic E-state index is 12.1. The van der Waals surface area contributed by atoms with Gasteiger partial charge in [-0.2, -0.15) is 0 Å². The summed E-state index contributed by atoms with van der Waals surface area (Å²) >= 11 is 1.55. The molecule has 6 heteroatoms. The molecule has 0 aliphatic carbocycles. The van der Waals surface area contributed by atoms with Crippen LogP contribution in [0.4, 0.5) is 5.69 Å². The summed E-state index contributed by atoms with van der Waals surface area (Å²) in [5, 5.41) is 3.77. The number of benzene rings is 2. The van der Waals surface area contributed by atoms with Crippen LogP contribution in [0.15, 0.2) is 72.9 Å². The van der Waals surface area contributed by atoms with E-state index in [0.29, 0.717) is 0 Å². The fourth-order valence-corrected chi connectivity index (χ4v) is 3.57. The Labute approximate surface area is 166 Å². The first-order valence-corrected chi connectivity index (χ1v) is 9.48. The highest BCUT2D eigenvalue weighted by Crippen LogP contribution is 2.29. The van der Waals surface area contributed by atoms with E-state index in [-0.39, 0.29) is 5.91 Å². The first-order valence-electron chi connectivity index (χ1n) is 8.66. The highest BCUT2D eigenvalue weighted by molar-refractivity contribution is 7.21. The highest BCUT2D eigenvalue weighted by Gasteiger charge is 2.07. The summed E-state index contributed by atoms with van der Waals surface area (Å²) in [4.78, 5) is 22.0. The monoisotopic (exact) mass is 387 g/mol. The summed E-state index contributed by atoms with van der Waals surface area (Å²) in [6.45, 7) is 0. The molecule has 0 unspecified atom stereocenters. The summed E-state index contributed by atoms with van der Waals surface area (Å²) in [6.07, 6.45) is 5.04. The lowest BCUT2D eigenvalue weighted by molar-refractivity contribution is -0.111. The van der Waals surface area contributed by atoms with E-state index in [1.807, 2.05) is 60.7 Å². The minimum absolute atomic E-state index is 0.187. The van der Waals surface area contributed by atoms with Gasteiger partial charge in [-0.25, -0.2) is 9.97 Å². The van der Waals surface area contributed by atoms with E-state index in [0.717, 1.165) is 37.9 Å². The molecule has 2 aromatic carbocycles. The van der Waals surface area contributed by atoms with Crippen molar-refractivity contribution < 1.29 is 9.53 Å². The molecule has 0 atom stereocenters. The quantitative estimate of drug-likeness (QED) is 0.489. The smallest absolute Gasteiger partial charge is 0.248 e. The number of anilines is 1. The molecule has 5 nitrogen and oxygen atoms in total. The van der Waals surface area contributed by atoms with E-state index in [1.54, 1.807) is 30.7 Å². The average molecular weight is 387 g/mol. The minimum Gasteiger partial charge on any atom is -0.497 e. The van der Waals surface area contributed by atoms with Crippen LogP contribution < -0.4 is 10.1 Å². The van der Waals surface area contributed by atoms with Crippen LogP contribution in [0.25, 0.3) is 27.0 Å². The Hall–Kier alpha value is -3.51. The molecule has 2 aromatic heterocycles. The van der Waals surface area contributed by atoms with Crippen molar-refractivity contribution in [3.63, 3.8) is 0 Å². The predicted molar refractivity (Wildman–Crippen MR) is 114 cm³/mol.